The van der Waals surface area contributed by atoms with E-state index in [2.05, 4.69) is 44.8 Å². The highest BCUT2D eigenvalue weighted by Gasteiger charge is 2.28. The van der Waals surface area contributed by atoms with Gasteiger partial charge in [0.05, 0.1) is 18.1 Å². The Morgan fingerprint density at radius 3 is 3.18 bits per heavy atom. The van der Waals surface area contributed by atoms with Crippen LogP contribution in [0.4, 0.5) is 0 Å². The number of aromatic nitrogens is 3. The summed E-state index contributed by atoms with van der Waals surface area (Å²) in [5.74, 6) is 0.761. The van der Waals surface area contributed by atoms with Crippen molar-refractivity contribution in [2.45, 2.75) is 25.4 Å². The summed E-state index contributed by atoms with van der Waals surface area (Å²) in [6, 6.07) is 6.59. The first-order chi connectivity index (χ1) is 10.7. The van der Waals surface area contributed by atoms with E-state index in [9.17, 15) is 4.79 Å². The fourth-order valence-electron chi connectivity index (χ4n) is 3.36. The molecule has 22 heavy (non-hydrogen) atoms. The van der Waals surface area contributed by atoms with Crippen molar-refractivity contribution in [1.82, 2.24) is 19.4 Å². The number of aryl methyl sites for hydroxylation is 1. The van der Waals surface area contributed by atoms with E-state index in [-0.39, 0.29) is 5.56 Å². The maximum absolute atomic E-state index is 12.1. The summed E-state index contributed by atoms with van der Waals surface area (Å²) in [4.78, 5) is 22.0. The number of H-pyrrole nitrogens is 1. The standard InChI is InChI=1S/C16H18N4OS/c1-19-7-2-4-12(19)13-5-3-8-20(13)10-14-17-11-6-9-22-15(11)16(21)18-14/h2,4,6-7,9,13H,3,5,8,10H2,1H3,(H,17,18,21). The molecule has 3 aromatic heterocycles. The van der Waals surface area contributed by atoms with Crippen molar-refractivity contribution in [2.75, 3.05) is 6.54 Å². The molecule has 0 bridgehead atoms. The van der Waals surface area contributed by atoms with Gasteiger partial charge < -0.3 is 9.55 Å². The number of nitrogens with zero attached hydrogens (tertiary/aromatic N) is 3. The maximum atomic E-state index is 12.1. The molecule has 0 saturated carbocycles. The van der Waals surface area contributed by atoms with E-state index in [4.69, 9.17) is 0 Å². The quantitative estimate of drug-likeness (QED) is 0.808. The van der Waals surface area contributed by atoms with Crippen LogP contribution < -0.4 is 5.56 Å². The third kappa shape index (κ3) is 2.28. The molecular formula is C16H18N4OS. The van der Waals surface area contributed by atoms with Crippen molar-refractivity contribution in [3.8, 4) is 0 Å². The molecule has 0 spiro atoms. The smallest absolute Gasteiger partial charge is 0.268 e. The van der Waals surface area contributed by atoms with Crippen LogP contribution in [0.25, 0.3) is 10.2 Å². The largest absolute Gasteiger partial charge is 0.353 e. The van der Waals surface area contributed by atoms with Crippen LogP contribution in [0.1, 0.15) is 30.4 Å². The minimum absolute atomic E-state index is 0.0235. The lowest BCUT2D eigenvalue weighted by atomic mass is 10.1. The highest BCUT2D eigenvalue weighted by Crippen LogP contribution is 2.32. The van der Waals surface area contributed by atoms with E-state index in [0.717, 1.165) is 24.3 Å². The van der Waals surface area contributed by atoms with E-state index in [1.807, 2.05) is 11.4 Å². The molecule has 1 atom stereocenters. The molecule has 1 saturated heterocycles. The van der Waals surface area contributed by atoms with Crippen LogP contribution in [0, 0.1) is 0 Å². The highest BCUT2D eigenvalue weighted by molar-refractivity contribution is 7.17. The second-order valence-electron chi connectivity index (χ2n) is 5.82. The molecule has 3 aromatic rings. The second-order valence-corrected chi connectivity index (χ2v) is 6.74. The maximum Gasteiger partial charge on any atom is 0.268 e. The Morgan fingerprint density at radius 2 is 2.36 bits per heavy atom. The van der Waals surface area contributed by atoms with Crippen molar-refractivity contribution in [1.29, 1.82) is 0 Å². The van der Waals surface area contributed by atoms with Gasteiger partial charge in [-0.15, -0.1) is 11.3 Å². The van der Waals surface area contributed by atoms with Gasteiger partial charge in [-0.3, -0.25) is 9.69 Å². The van der Waals surface area contributed by atoms with Gasteiger partial charge in [0.25, 0.3) is 5.56 Å². The lowest BCUT2D eigenvalue weighted by molar-refractivity contribution is 0.235. The Balaban J connectivity index is 1.64. The van der Waals surface area contributed by atoms with Crippen molar-refractivity contribution in [2.24, 2.45) is 7.05 Å². The number of nitrogens with one attached hydrogen (secondary N) is 1. The molecule has 114 valence electrons. The first-order valence-electron chi connectivity index (χ1n) is 7.54. The third-order valence-electron chi connectivity index (χ3n) is 4.41. The minimum atomic E-state index is -0.0235. The lowest BCUT2D eigenvalue weighted by Gasteiger charge is -2.24. The molecule has 1 aliphatic rings. The molecule has 1 fully saturated rings. The predicted molar refractivity (Wildman–Crippen MR) is 88.0 cm³/mol. The number of likely N-dealkylation sites (tertiary alicyclic amines) is 1. The molecule has 6 heteroatoms. The van der Waals surface area contributed by atoms with Gasteiger partial charge in [-0.2, -0.15) is 0 Å². The fourth-order valence-corrected chi connectivity index (χ4v) is 4.09. The Hall–Kier alpha value is -1.92. The summed E-state index contributed by atoms with van der Waals surface area (Å²) >= 11 is 1.44. The summed E-state index contributed by atoms with van der Waals surface area (Å²) < 4.78 is 2.89. The van der Waals surface area contributed by atoms with E-state index >= 15 is 0 Å². The van der Waals surface area contributed by atoms with Gasteiger partial charge >= 0.3 is 0 Å². The number of hydrogen-bond donors (Lipinski definition) is 1. The lowest BCUT2D eigenvalue weighted by Crippen LogP contribution is -2.26. The summed E-state index contributed by atoms with van der Waals surface area (Å²) in [6.07, 6.45) is 4.42. The monoisotopic (exact) mass is 314 g/mol. The zero-order valence-electron chi connectivity index (χ0n) is 12.5. The van der Waals surface area contributed by atoms with E-state index in [1.54, 1.807) is 0 Å². The van der Waals surface area contributed by atoms with E-state index in [0.29, 0.717) is 17.3 Å². The second kappa shape index (κ2) is 5.37. The van der Waals surface area contributed by atoms with Crippen LogP contribution in [0.5, 0.6) is 0 Å². The Bertz CT molecular complexity index is 862. The fraction of sp³-hybridized carbons (Fsp3) is 0.375. The molecule has 0 aromatic carbocycles. The van der Waals surface area contributed by atoms with Crippen molar-refractivity contribution in [3.63, 3.8) is 0 Å². The molecule has 1 aliphatic heterocycles. The average molecular weight is 314 g/mol. The number of fused-ring (bicyclic) bond motifs is 1. The molecule has 4 rings (SSSR count). The van der Waals surface area contributed by atoms with Gasteiger partial charge in [0, 0.05) is 18.9 Å². The molecule has 0 radical (unpaired) electrons. The zero-order valence-corrected chi connectivity index (χ0v) is 13.3. The van der Waals surface area contributed by atoms with Gasteiger partial charge in [0.2, 0.25) is 0 Å². The SMILES string of the molecule is Cn1cccc1C1CCCN1Cc1nc2ccsc2c(=O)[nH]1. The van der Waals surface area contributed by atoms with Gasteiger partial charge in [-0.05, 0) is 43.0 Å². The molecule has 1 N–H and O–H groups in total. The van der Waals surface area contributed by atoms with Crippen LogP contribution in [-0.2, 0) is 13.6 Å². The molecule has 4 heterocycles. The number of aromatic amines is 1. The predicted octanol–water partition coefficient (Wildman–Crippen LogP) is 2.66. The first kappa shape index (κ1) is 13.7. The third-order valence-corrected chi connectivity index (χ3v) is 5.31. The van der Waals surface area contributed by atoms with Crippen LogP contribution >= 0.6 is 11.3 Å². The van der Waals surface area contributed by atoms with Gasteiger partial charge in [-0.25, -0.2) is 4.98 Å². The minimum Gasteiger partial charge on any atom is -0.353 e. The summed E-state index contributed by atoms with van der Waals surface area (Å²) in [7, 11) is 2.09. The topological polar surface area (TPSA) is 53.9 Å². The van der Waals surface area contributed by atoms with Crippen LogP contribution in [0.3, 0.4) is 0 Å². The van der Waals surface area contributed by atoms with Gasteiger partial charge in [0.1, 0.15) is 10.5 Å². The molecule has 5 nitrogen and oxygen atoms in total. The molecule has 0 amide bonds. The van der Waals surface area contributed by atoms with Crippen molar-refractivity contribution >= 4 is 21.6 Å². The number of hydrogen-bond acceptors (Lipinski definition) is 4. The Labute approximate surface area is 132 Å². The Morgan fingerprint density at radius 1 is 1.45 bits per heavy atom. The molecule has 1 unspecified atom stereocenters. The first-order valence-corrected chi connectivity index (χ1v) is 8.42. The van der Waals surface area contributed by atoms with Gasteiger partial charge in [-0.1, -0.05) is 0 Å². The summed E-state index contributed by atoms with van der Waals surface area (Å²) in [6.45, 7) is 1.73. The molecular weight excluding hydrogens is 296 g/mol. The van der Waals surface area contributed by atoms with Crippen molar-refractivity contribution < 1.29 is 0 Å². The highest BCUT2D eigenvalue weighted by atomic mass is 32.1. The van der Waals surface area contributed by atoms with Crippen LogP contribution in [0.2, 0.25) is 0 Å². The average Bonchev–Trinajstić information content (AvgIpc) is 3.19. The van der Waals surface area contributed by atoms with Crippen LogP contribution in [-0.4, -0.2) is 26.0 Å². The number of thiophene rings is 1. The van der Waals surface area contributed by atoms with E-state index < -0.39 is 0 Å². The Kier molecular flexibility index (Phi) is 3.35. The van der Waals surface area contributed by atoms with E-state index in [1.165, 1.54) is 23.5 Å². The van der Waals surface area contributed by atoms with Gasteiger partial charge in [0.15, 0.2) is 0 Å². The zero-order chi connectivity index (χ0) is 15.1. The van der Waals surface area contributed by atoms with Crippen molar-refractivity contribution in [3.05, 3.63) is 51.6 Å². The normalized spacial score (nSPS) is 19.2. The number of rotatable bonds is 3. The summed E-state index contributed by atoms with van der Waals surface area (Å²) in [5, 5.41) is 1.92. The summed E-state index contributed by atoms with van der Waals surface area (Å²) in [5.41, 5.74) is 2.11. The molecule has 0 aliphatic carbocycles. The van der Waals surface area contributed by atoms with Crippen LogP contribution in [0.15, 0.2) is 34.6 Å².